The number of carbonyl (C=O) groups excluding carboxylic acids is 2. The van der Waals surface area contributed by atoms with Gasteiger partial charge < -0.3 is 13.8 Å². The van der Waals surface area contributed by atoms with Crippen LogP contribution >= 0.6 is 22.6 Å². The Hall–Kier alpha value is -3.20. The van der Waals surface area contributed by atoms with Crippen LogP contribution in [0.25, 0.3) is 0 Å². The van der Waals surface area contributed by atoms with Crippen LogP contribution in [0.15, 0.2) is 72.8 Å². The third-order valence-electron chi connectivity index (χ3n) is 6.32. The summed E-state index contributed by atoms with van der Waals surface area (Å²) in [5.74, 6) is -2.33. The van der Waals surface area contributed by atoms with Gasteiger partial charge in [-0.15, -0.1) is 0 Å². The third kappa shape index (κ3) is 6.57. The molecule has 0 aliphatic carbocycles. The molecule has 7 nitrogen and oxygen atoms in total. The number of carbonyl (C=O) groups is 2. The van der Waals surface area contributed by atoms with E-state index in [9.17, 15) is 35.6 Å². The number of hydrogen-bond acceptors (Lipinski definition) is 6. The molecule has 40 heavy (non-hydrogen) atoms. The molecule has 0 spiro atoms. The largest absolute Gasteiger partial charge is 0.534 e. The highest BCUT2D eigenvalue weighted by Gasteiger charge is 2.50. The van der Waals surface area contributed by atoms with Gasteiger partial charge in [-0.1, -0.05) is 24.3 Å². The first-order valence-electron chi connectivity index (χ1n) is 11.9. The highest BCUT2D eigenvalue weighted by Crippen LogP contribution is 2.47. The molecule has 1 heterocycles. The number of esters is 1. The number of rotatable bonds is 9. The summed E-state index contributed by atoms with van der Waals surface area (Å²) in [6, 6.07) is 17.2. The minimum absolute atomic E-state index is 0.276. The molecule has 1 amide bonds. The van der Waals surface area contributed by atoms with Crippen molar-refractivity contribution in [1.82, 2.24) is 0 Å². The number of anilines is 1. The van der Waals surface area contributed by atoms with Gasteiger partial charge in [-0.2, -0.15) is 21.6 Å². The van der Waals surface area contributed by atoms with E-state index in [1.807, 2.05) is 24.3 Å². The number of nitrogens with zero attached hydrogens (tertiary/aromatic N) is 1. The van der Waals surface area contributed by atoms with Crippen LogP contribution < -0.4 is 9.08 Å². The van der Waals surface area contributed by atoms with E-state index in [0.29, 0.717) is 17.7 Å². The average Bonchev–Trinajstić information content (AvgIpc) is 2.88. The van der Waals surface area contributed by atoms with Crippen LogP contribution in [0.4, 0.5) is 23.2 Å². The van der Waals surface area contributed by atoms with Crippen LogP contribution in [0.1, 0.15) is 43.0 Å². The SMILES string of the molecule is CC(=O)O[C@@H](CCC1C(=O)N(c2ccc(OS(=O)(=O)C(F)(F)F)cc2)C1c1ccc(I)cc1)c1ccc(F)cc1. The Bertz CT molecular complexity index is 1480. The molecule has 0 aromatic heterocycles. The van der Waals surface area contributed by atoms with E-state index in [1.54, 1.807) is 0 Å². The topological polar surface area (TPSA) is 90.0 Å². The fraction of sp³-hybridized carbons (Fsp3) is 0.259. The zero-order chi connectivity index (χ0) is 29.2. The summed E-state index contributed by atoms with van der Waals surface area (Å²) >= 11 is 2.14. The lowest BCUT2D eigenvalue weighted by Gasteiger charge is -2.48. The van der Waals surface area contributed by atoms with Gasteiger partial charge in [0, 0.05) is 16.2 Å². The standard InChI is InChI=1S/C27H22F4INO6S/c1-16(34)38-24(17-2-6-19(28)7-3-17)15-14-23-25(18-4-8-20(32)9-5-18)33(26(23)35)21-10-12-22(13-11-21)39-40(36,37)27(29,30)31/h2-13,23-25H,14-15H2,1H3/t23?,24-,25?/m0/s1. The van der Waals surface area contributed by atoms with E-state index < -0.39 is 51.2 Å². The van der Waals surface area contributed by atoms with Gasteiger partial charge in [-0.3, -0.25) is 9.59 Å². The normalized spacial score (nSPS) is 18.1. The fourth-order valence-electron chi connectivity index (χ4n) is 4.50. The maximum absolute atomic E-state index is 13.4. The Labute approximate surface area is 241 Å². The fourth-order valence-corrected chi connectivity index (χ4v) is 5.32. The Balaban J connectivity index is 1.57. The zero-order valence-corrected chi connectivity index (χ0v) is 23.7. The minimum Gasteiger partial charge on any atom is -0.458 e. The molecule has 0 radical (unpaired) electrons. The van der Waals surface area contributed by atoms with Crippen LogP contribution in [-0.2, 0) is 24.4 Å². The van der Waals surface area contributed by atoms with Crippen molar-refractivity contribution in [1.29, 1.82) is 0 Å². The van der Waals surface area contributed by atoms with E-state index in [1.165, 1.54) is 48.2 Å². The molecule has 1 aliphatic heterocycles. The highest BCUT2D eigenvalue weighted by atomic mass is 127. The maximum atomic E-state index is 13.4. The molecule has 3 aromatic carbocycles. The lowest BCUT2D eigenvalue weighted by Crippen LogP contribution is -2.55. The van der Waals surface area contributed by atoms with Crippen molar-refractivity contribution in [3.05, 3.63) is 93.3 Å². The first kappa shape index (κ1) is 29.8. The lowest BCUT2D eigenvalue weighted by molar-refractivity contribution is -0.147. The quantitative estimate of drug-likeness (QED) is 0.0641. The predicted octanol–water partition coefficient (Wildman–Crippen LogP) is 6.45. The van der Waals surface area contributed by atoms with E-state index in [-0.39, 0.29) is 12.3 Å². The molecular formula is C27H22F4INO6S. The molecule has 13 heteroatoms. The van der Waals surface area contributed by atoms with Crippen molar-refractivity contribution in [3.8, 4) is 5.75 Å². The van der Waals surface area contributed by atoms with Crippen molar-refractivity contribution in [3.63, 3.8) is 0 Å². The smallest absolute Gasteiger partial charge is 0.458 e. The Morgan fingerprint density at radius 3 is 2.15 bits per heavy atom. The molecule has 1 fully saturated rings. The molecule has 0 bridgehead atoms. The molecule has 4 rings (SSSR count). The number of halogens is 5. The Kier molecular flexibility index (Phi) is 8.73. The molecule has 0 N–H and O–H groups in total. The first-order chi connectivity index (χ1) is 18.8. The maximum Gasteiger partial charge on any atom is 0.534 e. The summed E-state index contributed by atoms with van der Waals surface area (Å²) in [4.78, 5) is 26.6. The molecule has 2 unspecified atom stereocenters. The molecule has 1 aliphatic rings. The van der Waals surface area contributed by atoms with Gasteiger partial charge in [0.05, 0.1) is 12.0 Å². The van der Waals surface area contributed by atoms with Crippen LogP contribution in [0.5, 0.6) is 5.75 Å². The number of β-lactam (4-membered cyclic amide) rings is 1. The summed E-state index contributed by atoms with van der Waals surface area (Å²) in [5.41, 5.74) is -3.87. The van der Waals surface area contributed by atoms with Gasteiger partial charge in [0.25, 0.3) is 0 Å². The van der Waals surface area contributed by atoms with E-state index in [0.717, 1.165) is 21.3 Å². The Morgan fingerprint density at radius 2 is 1.60 bits per heavy atom. The second-order valence-corrected chi connectivity index (χ2v) is 11.8. The van der Waals surface area contributed by atoms with Crippen molar-refractivity contribution < 1.29 is 44.5 Å². The summed E-state index contributed by atoms with van der Waals surface area (Å²) in [6.07, 6.45) is -0.116. The summed E-state index contributed by atoms with van der Waals surface area (Å²) in [6.45, 7) is 1.26. The van der Waals surface area contributed by atoms with Crippen molar-refractivity contribution in [2.24, 2.45) is 5.92 Å². The first-order valence-corrected chi connectivity index (χ1v) is 14.4. The van der Waals surface area contributed by atoms with Crippen molar-refractivity contribution in [2.45, 2.75) is 37.4 Å². The third-order valence-corrected chi connectivity index (χ3v) is 8.02. The second kappa shape index (κ2) is 11.7. The van der Waals surface area contributed by atoms with Gasteiger partial charge >= 0.3 is 21.6 Å². The van der Waals surface area contributed by atoms with E-state index >= 15 is 0 Å². The molecule has 3 atom stereocenters. The number of hydrogen-bond donors (Lipinski definition) is 0. The van der Waals surface area contributed by atoms with Gasteiger partial charge in [0.2, 0.25) is 5.91 Å². The number of amides is 1. The van der Waals surface area contributed by atoms with Gasteiger partial charge in [0.15, 0.2) is 0 Å². The molecule has 212 valence electrons. The average molecular weight is 691 g/mol. The number of ether oxygens (including phenoxy) is 1. The summed E-state index contributed by atoms with van der Waals surface area (Å²) in [5, 5.41) is 0. The van der Waals surface area contributed by atoms with Crippen LogP contribution in [0.2, 0.25) is 0 Å². The highest BCUT2D eigenvalue weighted by molar-refractivity contribution is 14.1. The minimum atomic E-state index is -5.84. The summed E-state index contributed by atoms with van der Waals surface area (Å²) < 4.78 is 84.6. The van der Waals surface area contributed by atoms with Crippen LogP contribution in [-0.4, -0.2) is 25.8 Å². The molecule has 0 saturated carbocycles. The predicted molar refractivity (Wildman–Crippen MR) is 145 cm³/mol. The van der Waals surface area contributed by atoms with E-state index in [4.69, 9.17) is 4.74 Å². The zero-order valence-electron chi connectivity index (χ0n) is 20.8. The van der Waals surface area contributed by atoms with Gasteiger partial charge in [-0.25, -0.2) is 4.39 Å². The lowest BCUT2D eigenvalue weighted by atomic mass is 9.78. The van der Waals surface area contributed by atoms with Crippen molar-refractivity contribution >= 4 is 50.3 Å². The van der Waals surface area contributed by atoms with Crippen LogP contribution in [0, 0.1) is 15.3 Å². The number of benzene rings is 3. The van der Waals surface area contributed by atoms with Gasteiger partial charge in [-0.05, 0) is 95.1 Å². The molecular weight excluding hydrogens is 669 g/mol. The van der Waals surface area contributed by atoms with Gasteiger partial charge in [0.1, 0.15) is 17.7 Å². The number of alkyl halides is 3. The molecule has 3 aromatic rings. The summed E-state index contributed by atoms with van der Waals surface area (Å²) in [7, 11) is -5.84. The van der Waals surface area contributed by atoms with Crippen LogP contribution in [0.3, 0.4) is 0 Å². The monoisotopic (exact) mass is 691 g/mol. The molecule has 1 saturated heterocycles. The second-order valence-electron chi connectivity index (χ2n) is 9.02. The van der Waals surface area contributed by atoms with Crippen molar-refractivity contribution in [2.75, 3.05) is 4.90 Å². The Morgan fingerprint density at radius 1 is 1.00 bits per heavy atom. The van der Waals surface area contributed by atoms with E-state index in [2.05, 4.69) is 26.8 Å².